The molecule has 1 aromatic heterocycles. The molecule has 1 amide bonds. The van der Waals surface area contributed by atoms with E-state index in [1.54, 1.807) is 0 Å². The molecular formula is C16H24F3N3O2. The molecule has 1 saturated carbocycles. The largest absolute Gasteiger partial charge is 0.425 e. The highest BCUT2D eigenvalue weighted by molar-refractivity contribution is 5.77. The highest BCUT2D eigenvalue weighted by Gasteiger charge is 2.58. The van der Waals surface area contributed by atoms with Crippen molar-refractivity contribution in [2.45, 2.75) is 63.3 Å². The quantitative estimate of drug-likeness (QED) is 0.860. The second kappa shape index (κ2) is 7.13. The lowest BCUT2D eigenvalue weighted by atomic mass is 9.84. The van der Waals surface area contributed by atoms with E-state index >= 15 is 0 Å². The lowest BCUT2D eigenvalue weighted by Crippen LogP contribution is -2.49. The standard InChI is InChI=1S/C16H24F3N3O2/c1-3-11-5-4-6-12(9-11)21-13(23)10-15(24,16(17,18)19)14-20-7-8-22(14)2/h7-8,11-12,24H,3-6,9-10H2,1-2H3,(H,21,23). The smallest absolute Gasteiger partial charge is 0.374 e. The van der Waals surface area contributed by atoms with E-state index in [0.29, 0.717) is 5.92 Å². The molecule has 0 spiro atoms. The van der Waals surface area contributed by atoms with Crippen LogP contribution in [-0.4, -0.2) is 32.8 Å². The van der Waals surface area contributed by atoms with Gasteiger partial charge >= 0.3 is 6.18 Å². The topological polar surface area (TPSA) is 67.2 Å². The number of nitrogens with zero attached hydrogens (tertiary/aromatic N) is 2. The van der Waals surface area contributed by atoms with Gasteiger partial charge in [-0.1, -0.05) is 26.2 Å². The molecule has 1 heterocycles. The second-order valence-corrected chi connectivity index (χ2v) is 6.60. The fourth-order valence-corrected chi connectivity index (χ4v) is 3.37. The van der Waals surface area contributed by atoms with Crippen LogP contribution < -0.4 is 5.32 Å². The average Bonchev–Trinajstić information content (AvgIpc) is 2.92. The number of aromatic nitrogens is 2. The zero-order valence-corrected chi connectivity index (χ0v) is 13.9. The first-order valence-electron chi connectivity index (χ1n) is 8.23. The number of hydrogen-bond acceptors (Lipinski definition) is 3. The number of nitrogens with one attached hydrogen (secondary N) is 1. The molecular weight excluding hydrogens is 323 g/mol. The summed E-state index contributed by atoms with van der Waals surface area (Å²) in [5.41, 5.74) is -3.30. The summed E-state index contributed by atoms with van der Waals surface area (Å²) in [7, 11) is 1.35. The minimum atomic E-state index is -5.00. The van der Waals surface area contributed by atoms with Gasteiger partial charge in [-0.25, -0.2) is 4.98 Å². The van der Waals surface area contributed by atoms with E-state index in [9.17, 15) is 23.1 Å². The van der Waals surface area contributed by atoms with Crippen molar-refractivity contribution in [3.05, 3.63) is 18.2 Å². The summed E-state index contributed by atoms with van der Waals surface area (Å²) in [6, 6.07) is -0.130. The van der Waals surface area contributed by atoms with Gasteiger partial charge in [-0.2, -0.15) is 13.2 Å². The SMILES string of the molecule is CCC1CCCC(NC(=O)CC(O)(c2nccn2C)C(F)(F)F)C1. The molecule has 3 atom stereocenters. The van der Waals surface area contributed by atoms with Crippen molar-refractivity contribution < 1.29 is 23.1 Å². The molecule has 1 aliphatic carbocycles. The highest BCUT2D eigenvalue weighted by atomic mass is 19.4. The van der Waals surface area contributed by atoms with E-state index in [1.165, 1.54) is 13.2 Å². The molecule has 3 unspecified atom stereocenters. The van der Waals surface area contributed by atoms with Crippen LogP contribution in [0.4, 0.5) is 13.2 Å². The molecule has 1 aromatic rings. The zero-order chi connectivity index (χ0) is 18.0. The number of rotatable bonds is 5. The summed E-state index contributed by atoms with van der Waals surface area (Å²) in [6.45, 7) is 2.07. The highest BCUT2D eigenvalue weighted by Crippen LogP contribution is 2.40. The molecule has 8 heteroatoms. The first-order valence-corrected chi connectivity index (χ1v) is 8.23. The van der Waals surface area contributed by atoms with Gasteiger partial charge in [-0.3, -0.25) is 4.79 Å². The number of alkyl halides is 3. The molecule has 1 aliphatic rings. The van der Waals surface area contributed by atoms with Gasteiger partial charge in [0.05, 0.1) is 6.42 Å². The number of aliphatic hydroxyl groups is 1. The van der Waals surface area contributed by atoms with Gasteiger partial charge in [0.2, 0.25) is 11.5 Å². The molecule has 2 N–H and O–H groups in total. The van der Waals surface area contributed by atoms with Crippen molar-refractivity contribution in [2.24, 2.45) is 13.0 Å². The summed E-state index contributed by atoms with van der Waals surface area (Å²) >= 11 is 0. The van der Waals surface area contributed by atoms with Gasteiger partial charge in [0.1, 0.15) is 0 Å². The van der Waals surface area contributed by atoms with Crippen LogP contribution in [0.1, 0.15) is 51.3 Å². The Kier molecular flexibility index (Phi) is 5.57. The fourth-order valence-electron chi connectivity index (χ4n) is 3.37. The van der Waals surface area contributed by atoms with Crippen molar-refractivity contribution in [3.8, 4) is 0 Å². The second-order valence-electron chi connectivity index (χ2n) is 6.60. The monoisotopic (exact) mass is 347 g/mol. The Morgan fingerprint density at radius 2 is 2.17 bits per heavy atom. The summed E-state index contributed by atoms with van der Waals surface area (Å²) in [5.74, 6) is -0.903. The van der Waals surface area contributed by atoms with Crippen molar-refractivity contribution in [1.29, 1.82) is 0 Å². The fraction of sp³-hybridized carbons (Fsp3) is 0.750. The minimum Gasteiger partial charge on any atom is -0.374 e. The summed E-state index contributed by atoms with van der Waals surface area (Å²) in [5, 5.41) is 12.9. The van der Waals surface area contributed by atoms with Crippen molar-refractivity contribution in [1.82, 2.24) is 14.9 Å². The molecule has 1 fully saturated rings. The zero-order valence-electron chi connectivity index (χ0n) is 13.9. The predicted octanol–water partition coefficient (Wildman–Crippen LogP) is 2.65. The van der Waals surface area contributed by atoms with Crippen LogP contribution in [0.15, 0.2) is 12.4 Å². The van der Waals surface area contributed by atoms with E-state index < -0.39 is 29.9 Å². The van der Waals surface area contributed by atoms with Crippen molar-refractivity contribution in [2.75, 3.05) is 0 Å². The van der Waals surface area contributed by atoms with Crippen LogP contribution >= 0.6 is 0 Å². The maximum absolute atomic E-state index is 13.4. The number of imidazole rings is 1. The third-order valence-electron chi connectivity index (χ3n) is 4.80. The average molecular weight is 347 g/mol. The number of aryl methyl sites for hydroxylation is 1. The lowest BCUT2D eigenvalue weighted by Gasteiger charge is -2.32. The van der Waals surface area contributed by atoms with E-state index in [2.05, 4.69) is 17.2 Å². The Labute approximate surface area is 139 Å². The summed E-state index contributed by atoms with van der Waals surface area (Å²) in [4.78, 5) is 15.8. The van der Waals surface area contributed by atoms with Gasteiger partial charge in [0, 0.05) is 25.5 Å². The van der Waals surface area contributed by atoms with Crippen molar-refractivity contribution in [3.63, 3.8) is 0 Å². The number of halogens is 3. The molecule has 24 heavy (non-hydrogen) atoms. The number of hydrogen-bond donors (Lipinski definition) is 2. The van der Waals surface area contributed by atoms with E-state index in [-0.39, 0.29) is 6.04 Å². The molecule has 0 aromatic carbocycles. The lowest BCUT2D eigenvalue weighted by molar-refractivity contribution is -0.271. The number of carbonyl (C=O) groups is 1. The first-order chi connectivity index (χ1) is 11.2. The van der Waals surface area contributed by atoms with E-state index in [0.717, 1.165) is 42.9 Å². The molecule has 2 rings (SSSR count). The van der Waals surface area contributed by atoms with Crippen LogP contribution in [0, 0.1) is 5.92 Å². The Morgan fingerprint density at radius 3 is 2.71 bits per heavy atom. The molecule has 0 saturated heterocycles. The van der Waals surface area contributed by atoms with Crippen LogP contribution in [0.25, 0.3) is 0 Å². The van der Waals surface area contributed by atoms with Gasteiger partial charge < -0.3 is 15.0 Å². The third kappa shape index (κ3) is 3.91. The summed E-state index contributed by atoms with van der Waals surface area (Å²) < 4.78 is 41.3. The molecule has 0 bridgehead atoms. The van der Waals surface area contributed by atoms with Crippen LogP contribution in [0.5, 0.6) is 0 Å². The van der Waals surface area contributed by atoms with E-state index in [4.69, 9.17) is 0 Å². The minimum absolute atomic E-state index is 0.130. The molecule has 5 nitrogen and oxygen atoms in total. The Bertz CT molecular complexity index is 573. The molecule has 0 aliphatic heterocycles. The summed E-state index contributed by atoms with van der Waals surface area (Å²) in [6.07, 6.45) is 0.940. The molecule has 0 radical (unpaired) electrons. The van der Waals surface area contributed by atoms with Crippen molar-refractivity contribution >= 4 is 5.91 Å². The normalized spacial score (nSPS) is 24.4. The van der Waals surface area contributed by atoms with Crippen LogP contribution in [0.2, 0.25) is 0 Å². The van der Waals surface area contributed by atoms with Crippen LogP contribution in [-0.2, 0) is 17.4 Å². The van der Waals surface area contributed by atoms with E-state index in [1.807, 2.05) is 0 Å². The number of amides is 1. The van der Waals surface area contributed by atoms with Gasteiger partial charge in [-0.05, 0) is 18.8 Å². The Morgan fingerprint density at radius 1 is 1.46 bits per heavy atom. The van der Waals surface area contributed by atoms with Gasteiger partial charge in [0.25, 0.3) is 0 Å². The third-order valence-corrected chi connectivity index (χ3v) is 4.80. The first kappa shape index (κ1) is 18.8. The molecule has 136 valence electrons. The van der Waals surface area contributed by atoms with Gasteiger partial charge in [0.15, 0.2) is 5.82 Å². The predicted molar refractivity (Wildman–Crippen MR) is 82.0 cm³/mol. The maximum Gasteiger partial charge on any atom is 0.425 e. The van der Waals surface area contributed by atoms with Crippen LogP contribution in [0.3, 0.4) is 0 Å². The number of carbonyl (C=O) groups excluding carboxylic acids is 1. The Balaban J connectivity index is 2.10. The van der Waals surface area contributed by atoms with Gasteiger partial charge in [-0.15, -0.1) is 0 Å². The Hall–Kier alpha value is -1.57. The maximum atomic E-state index is 13.4.